The minimum Gasteiger partial charge on any atom is -0.493 e. The number of hydrogen-bond acceptors (Lipinski definition) is 7. The Morgan fingerprint density at radius 3 is 2.56 bits per heavy atom. The first-order chi connectivity index (χ1) is 13.2. The van der Waals surface area contributed by atoms with Crippen molar-refractivity contribution in [3.8, 4) is 17.4 Å². The number of morpholine rings is 1. The van der Waals surface area contributed by atoms with Gasteiger partial charge in [-0.1, -0.05) is 12.1 Å². The van der Waals surface area contributed by atoms with Gasteiger partial charge in [0.25, 0.3) is 0 Å². The van der Waals surface area contributed by atoms with E-state index in [0.717, 1.165) is 17.7 Å². The predicted octanol–water partition coefficient (Wildman–Crippen LogP) is 2.04. The molecule has 0 unspecified atom stereocenters. The summed E-state index contributed by atoms with van der Waals surface area (Å²) in [6.45, 7) is 1.95. The van der Waals surface area contributed by atoms with Crippen molar-refractivity contribution in [2.45, 2.75) is 18.7 Å². The second-order valence-corrected chi connectivity index (χ2v) is 6.33. The van der Waals surface area contributed by atoms with Crippen molar-refractivity contribution >= 4 is 0 Å². The summed E-state index contributed by atoms with van der Waals surface area (Å²) < 4.78 is 21.7. The van der Waals surface area contributed by atoms with Crippen LogP contribution in [-0.4, -0.2) is 62.2 Å². The zero-order valence-electron chi connectivity index (χ0n) is 15.9. The maximum absolute atomic E-state index is 9.87. The van der Waals surface area contributed by atoms with Gasteiger partial charge in [0.2, 0.25) is 5.88 Å². The highest BCUT2D eigenvalue weighted by atomic mass is 16.5. The topological polar surface area (TPSA) is 73.3 Å². The highest BCUT2D eigenvalue weighted by Gasteiger charge is 2.33. The second kappa shape index (κ2) is 9.03. The third-order valence-corrected chi connectivity index (χ3v) is 4.78. The summed E-state index contributed by atoms with van der Waals surface area (Å²) in [4.78, 5) is 6.57. The van der Waals surface area contributed by atoms with E-state index in [1.807, 2.05) is 36.5 Å². The minimum absolute atomic E-state index is 0.0592. The van der Waals surface area contributed by atoms with Crippen LogP contribution in [-0.2, 0) is 11.3 Å². The number of methoxy groups -OCH3 is 3. The van der Waals surface area contributed by atoms with Crippen LogP contribution < -0.4 is 14.2 Å². The average Bonchev–Trinajstić information content (AvgIpc) is 2.73. The molecule has 1 aliphatic rings. The maximum Gasteiger partial charge on any atom is 0.212 e. The highest BCUT2D eigenvalue weighted by Crippen LogP contribution is 2.36. The zero-order valence-corrected chi connectivity index (χ0v) is 15.9. The van der Waals surface area contributed by atoms with Crippen molar-refractivity contribution in [2.24, 2.45) is 0 Å². The molecule has 0 spiro atoms. The van der Waals surface area contributed by atoms with Gasteiger partial charge < -0.3 is 24.1 Å². The number of benzene rings is 1. The van der Waals surface area contributed by atoms with E-state index in [2.05, 4.69) is 9.88 Å². The van der Waals surface area contributed by atoms with E-state index in [0.29, 0.717) is 30.5 Å². The lowest BCUT2D eigenvalue weighted by Gasteiger charge is -2.41. The van der Waals surface area contributed by atoms with Crippen molar-refractivity contribution in [1.29, 1.82) is 0 Å². The summed E-state index contributed by atoms with van der Waals surface area (Å²) in [7, 11) is 4.83. The molecule has 146 valence electrons. The fraction of sp³-hybridized carbons (Fsp3) is 0.450. The molecule has 7 nitrogen and oxygen atoms in total. The fourth-order valence-corrected chi connectivity index (χ4v) is 3.44. The van der Waals surface area contributed by atoms with Gasteiger partial charge in [0, 0.05) is 25.4 Å². The van der Waals surface area contributed by atoms with Crippen molar-refractivity contribution < 1.29 is 24.1 Å². The zero-order chi connectivity index (χ0) is 19.2. The Morgan fingerprint density at radius 1 is 1.11 bits per heavy atom. The molecule has 3 rings (SSSR count). The minimum atomic E-state index is -0.317. The summed E-state index contributed by atoms with van der Waals surface area (Å²) in [5.41, 5.74) is 2.08. The molecule has 1 saturated heterocycles. The fourth-order valence-electron chi connectivity index (χ4n) is 3.44. The number of pyridine rings is 1. The van der Waals surface area contributed by atoms with E-state index in [4.69, 9.17) is 18.9 Å². The van der Waals surface area contributed by atoms with Crippen molar-refractivity contribution in [3.05, 3.63) is 47.7 Å². The van der Waals surface area contributed by atoms with Crippen molar-refractivity contribution in [2.75, 3.05) is 41.1 Å². The van der Waals surface area contributed by atoms with E-state index in [9.17, 15) is 5.11 Å². The van der Waals surface area contributed by atoms with E-state index in [-0.39, 0.29) is 18.8 Å². The molecule has 2 aromatic rings. The first-order valence-corrected chi connectivity index (χ1v) is 8.87. The molecule has 1 fully saturated rings. The van der Waals surface area contributed by atoms with Crippen LogP contribution in [0.4, 0.5) is 0 Å². The average molecular weight is 374 g/mol. The van der Waals surface area contributed by atoms with Gasteiger partial charge in [0.05, 0.1) is 40.6 Å². The molecular weight excluding hydrogens is 348 g/mol. The molecule has 0 radical (unpaired) electrons. The van der Waals surface area contributed by atoms with Crippen LogP contribution in [0.2, 0.25) is 0 Å². The summed E-state index contributed by atoms with van der Waals surface area (Å²) in [5.74, 6) is 1.91. The smallest absolute Gasteiger partial charge is 0.212 e. The van der Waals surface area contributed by atoms with Crippen LogP contribution in [0, 0.1) is 0 Å². The van der Waals surface area contributed by atoms with E-state index < -0.39 is 0 Å². The summed E-state index contributed by atoms with van der Waals surface area (Å²) in [5, 5.41) is 9.87. The summed E-state index contributed by atoms with van der Waals surface area (Å²) in [6.07, 6.45) is 1.50. The maximum atomic E-state index is 9.87. The summed E-state index contributed by atoms with van der Waals surface area (Å²) in [6, 6.07) is 9.56. The number of aromatic nitrogens is 1. The van der Waals surface area contributed by atoms with Gasteiger partial charge >= 0.3 is 0 Å². The molecule has 1 aromatic carbocycles. The number of ether oxygens (including phenoxy) is 4. The SMILES string of the molecule is COc1ccc(CN2CCO[C@H](CO)[C@H]2c2ccc(OC)c(OC)c2)cn1. The quantitative estimate of drug-likeness (QED) is 0.795. The summed E-state index contributed by atoms with van der Waals surface area (Å²) >= 11 is 0. The Labute approximate surface area is 159 Å². The van der Waals surface area contributed by atoms with Gasteiger partial charge in [-0.15, -0.1) is 0 Å². The van der Waals surface area contributed by atoms with Crippen LogP contribution in [0.3, 0.4) is 0 Å². The molecule has 7 heteroatoms. The van der Waals surface area contributed by atoms with E-state index in [1.54, 1.807) is 21.3 Å². The standard InChI is InChI=1S/C20H26N2O5/c1-24-16-6-5-15(10-17(16)25-2)20-18(13-23)27-9-8-22(20)12-14-4-7-19(26-3)21-11-14/h4-7,10-11,18,20,23H,8-9,12-13H2,1-3H3/t18-,20-/m1/s1. The Balaban J connectivity index is 1.89. The van der Waals surface area contributed by atoms with Crippen molar-refractivity contribution in [3.63, 3.8) is 0 Å². The Morgan fingerprint density at radius 2 is 1.93 bits per heavy atom. The van der Waals surface area contributed by atoms with Gasteiger partial charge in [-0.3, -0.25) is 4.90 Å². The largest absolute Gasteiger partial charge is 0.493 e. The van der Waals surface area contributed by atoms with E-state index >= 15 is 0 Å². The van der Waals surface area contributed by atoms with Crippen LogP contribution >= 0.6 is 0 Å². The second-order valence-electron chi connectivity index (χ2n) is 6.33. The molecule has 1 aliphatic heterocycles. The van der Waals surface area contributed by atoms with Crippen molar-refractivity contribution in [1.82, 2.24) is 9.88 Å². The van der Waals surface area contributed by atoms with Crippen LogP contribution in [0.1, 0.15) is 17.2 Å². The van der Waals surface area contributed by atoms with Gasteiger partial charge in [0.15, 0.2) is 11.5 Å². The lowest BCUT2D eigenvalue weighted by Crippen LogP contribution is -2.46. The van der Waals surface area contributed by atoms with Gasteiger partial charge in [-0.05, 0) is 23.3 Å². The molecule has 2 heterocycles. The normalized spacial score (nSPS) is 20.3. The van der Waals surface area contributed by atoms with Gasteiger partial charge in [-0.2, -0.15) is 0 Å². The van der Waals surface area contributed by atoms with Gasteiger partial charge in [-0.25, -0.2) is 4.98 Å². The molecule has 27 heavy (non-hydrogen) atoms. The number of rotatable bonds is 7. The number of aliphatic hydroxyl groups excluding tert-OH is 1. The third-order valence-electron chi connectivity index (χ3n) is 4.78. The lowest BCUT2D eigenvalue weighted by molar-refractivity contribution is -0.0961. The first-order valence-electron chi connectivity index (χ1n) is 8.87. The Bertz CT molecular complexity index is 738. The number of hydrogen-bond donors (Lipinski definition) is 1. The molecule has 1 aromatic heterocycles. The molecule has 0 amide bonds. The molecule has 2 atom stereocenters. The van der Waals surface area contributed by atoms with E-state index in [1.165, 1.54) is 0 Å². The number of nitrogens with zero attached hydrogens (tertiary/aromatic N) is 2. The monoisotopic (exact) mass is 374 g/mol. The van der Waals surface area contributed by atoms with Crippen LogP contribution in [0.15, 0.2) is 36.5 Å². The van der Waals surface area contributed by atoms with Crippen LogP contribution in [0.5, 0.6) is 17.4 Å². The van der Waals surface area contributed by atoms with Gasteiger partial charge in [0.1, 0.15) is 6.10 Å². The Kier molecular flexibility index (Phi) is 6.49. The Hall–Kier alpha value is -2.35. The van der Waals surface area contributed by atoms with Crippen LogP contribution in [0.25, 0.3) is 0 Å². The molecule has 1 N–H and O–H groups in total. The molecule has 0 bridgehead atoms. The lowest BCUT2D eigenvalue weighted by atomic mass is 9.97. The third kappa shape index (κ3) is 4.32. The highest BCUT2D eigenvalue weighted by molar-refractivity contribution is 5.44. The first kappa shape index (κ1) is 19.4. The molecule has 0 aliphatic carbocycles. The predicted molar refractivity (Wildman–Crippen MR) is 100 cm³/mol. The molecular formula is C20H26N2O5. The molecule has 0 saturated carbocycles. The number of aliphatic hydroxyl groups is 1.